The molecule has 1 rings (SSSR count). The average Bonchev–Trinajstić information content (AvgIpc) is 2.66. The van der Waals surface area contributed by atoms with E-state index >= 15 is 0 Å². The molecule has 1 aromatic rings. The van der Waals surface area contributed by atoms with Gasteiger partial charge in [-0.1, -0.05) is 28.6 Å². The van der Waals surface area contributed by atoms with Crippen molar-refractivity contribution in [2.24, 2.45) is 0 Å². The second-order valence-corrected chi connectivity index (χ2v) is 3.23. The van der Waals surface area contributed by atoms with Crippen LogP contribution < -0.4 is 0 Å². The highest BCUT2D eigenvalue weighted by Crippen LogP contribution is 2.13. The van der Waals surface area contributed by atoms with Gasteiger partial charge < -0.3 is 0 Å². The van der Waals surface area contributed by atoms with Crippen LogP contribution in [0.15, 0.2) is 41.9 Å². The van der Waals surface area contributed by atoms with E-state index in [9.17, 15) is 0 Å². The molecule has 0 aliphatic heterocycles. The Labute approximate surface area is 85.6 Å². The highest BCUT2D eigenvalue weighted by molar-refractivity contribution is 9.11. The van der Waals surface area contributed by atoms with Crippen molar-refractivity contribution in [2.45, 2.75) is 6.92 Å². The van der Waals surface area contributed by atoms with Crippen LogP contribution in [0.4, 0.5) is 0 Å². The number of halogens is 1. The molecule has 1 heterocycles. The monoisotopic (exact) mass is 239 g/mol. The Hall–Kier alpha value is -1.16. The number of hydrogen-bond acceptors (Lipinski definition) is 2. The van der Waals surface area contributed by atoms with Gasteiger partial charge in [0.25, 0.3) is 0 Å². The van der Waals surface area contributed by atoms with E-state index in [0.717, 1.165) is 10.2 Å². The molecule has 68 valence electrons. The van der Waals surface area contributed by atoms with Gasteiger partial charge in [0.2, 0.25) is 0 Å². The van der Waals surface area contributed by atoms with Crippen LogP contribution in [0.3, 0.4) is 0 Å². The Morgan fingerprint density at radius 1 is 1.46 bits per heavy atom. The molecule has 0 aliphatic carbocycles. The Bertz CT molecular complexity index is 336. The van der Waals surface area contributed by atoms with E-state index in [-0.39, 0.29) is 0 Å². The Morgan fingerprint density at radius 2 is 2.08 bits per heavy atom. The fourth-order valence-electron chi connectivity index (χ4n) is 0.798. The van der Waals surface area contributed by atoms with Gasteiger partial charge in [-0.05, 0) is 19.1 Å². The van der Waals surface area contributed by atoms with Gasteiger partial charge in [0.15, 0.2) is 0 Å². The average molecular weight is 240 g/mol. The SMILES string of the molecule is C=C/C(=C\C(Br)=C/C)n1cnnc1. The molecule has 0 amide bonds. The van der Waals surface area contributed by atoms with Crippen molar-refractivity contribution in [1.29, 1.82) is 0 Å². The third-order valence-electron chi connectivity index (χ3n) is 1.49. The standard InChI is InChI=1S/C9H10BrN3/c1-3-8(10)5-9(4-2)13-6-11-12-7-13/h3-7H,2H2,1H3/b8-3+,9-5+. The van der Waals surface area contributed by atoms with E-state index in [1.165, 1.54) is 0 Å². The summed E-state index contributed by atoms with van der Waals surface area (Å²) in [5.74, 6) is 0. The molecule has 13 heavy (non-hydrogen) atoms. The first-order valence-corrected chi connectivity index (χ1v) is 4.58. The number of allylic oxidation sites excluding steroid dienone is 5. The van der Waals surface area contributed by atoms with Crippen molar-refractivity contribution in [1.82, 2.24) is 14.8 Å². The van der Waals surface area contributed by atoms with E-state index in [2.05, 4.69) is 32.7 Å². The molecule has 3 nitrogen and oxygen atoms in total. The first-order valence-electron chi connectivity index (χ1n) is 3.79. The van der Waals surface area contributed by atoms with Crippen LogP contribution in [-0.4, -0.2) is 14.8 Å². The lowest BCUT2D eigenvalue weighted by Crippen LogP contribution is -1.89. The maximum Gasteiger partial charge on any atom is 0.123 e. The first kappa shape index (κ1) is 9.92. The van der Waals surface area contributed by atoms with Crippen LogP contribution in [-0.2, 0) is 0 Å². The maximum atomic E-state index is 3.71. The second-order valence-electron chi connectivity index (χ2n) is 2.32. The highest BCUT2D eigenvalue weighted by Gasteiger charge is 1.95. The number of aromatic nitrogens is 3. The smallest absolute Gasteiger partial charge is 0.123 e. The first-order chi connectivity index (χ1) is 6.27. The summed E-state index contributed by atoms with van der Waals surface area (Å²) in [5.41, 5.74) is 0.926. The van der Waals surface area contributed by atoms with Gasteiger partial charge in [0.1, 0.15) is 12.7 Å². The molecule has 4 heteroatoms. The number of rotatable bonds is 3. The lowest BCUT2D eigenvalue weighted by Gasteiger charge is -2.00. The topological polar surface area (TPSA) is 30.7 Å². The molecule has 0 fully saturated rings. The summed E-state index contributed by atoms with van der Waals surface area (Å²) in [4.78, 5) is 0. The lowest BCUT2D eigenvalue weighted by molar-refractivity contribution is 1.09. The molecule has 1 aromatic heterocycles. The molecule has 0 aromatic carbocycles. The van der Waals surface area contributed by atoms with Crippen LogP contribution in [0.2, 0.25) is 0 Å². The number of nitrogens with zero attached hydrogens (tertiary/aromatic N) is 3. The predicted molar refractivity (Wildman–Crippen MR) is 57.2 cm³/mol. The van der Waals surface area contributed by atoms with Gasteiger partial charge in [-0.2, -0.15) is 0 Å². The molecule has 0 bridgehead atoms. The van der Waals surface area contributed by atoms with E-state index in [0.29, 0.717) is 0 Å². The summed E-state index contributed by atoms with van der Waals surface area (Å²) >= 11 is 3.39. The molecule has 0 saturated heterocycles. The van der Waals surface area contributed by atoms with Crippen LogP contribution in [0.5, 0.6) is 0 Å². The Kier molecular flexibility index (Phi) is 3.64. The van der Waals surface area contributed by atoms with Crippen molar-refractivity contribution >= 4 is 21.6 Å². The molecule has 0 atom stereocenters. The van der Waals surface area contributed by atoms with Crippen molar-refractivity contribution in [3.8, 4) is 0 Å². The summed E-state index contributed by atoms with van der Waals surface area (Å²) in [5, 5.41) is 7.43. The van der Waals surface area contributed by atoms with Crippen LogP contribution in [0.25, 0.3) is 5.70 Å². The van der Waals surface area contributed by atoms with E-state index in [1.807, 2.05) is 19.1 Å². The van der Waals surface area contributed by atoms with E-state index in [1.54, 1.807) is 23.3 Å². The third kappa shape index (κ3) is 2.66. The molecule has 0 saturated carbocycles. The van der Waals surface area contributed by atoms with E-state index in [4.69, 9.17) is 0 Å². The molecule has 0 aliphatic rings. The normalized spacial score (nSPS) is 13.1. The molecule has 0 unspecified atom stereocenters. The van der Waals surface area contributed by atoms with Crippen molar-refractivity contribution < 1.29 is 0 Å². The van der Waals surface area contributed by atoms with E-state index < -0.39 is 0 Å². The van der Waals surface area contributed by atoms with Crippen molar-refractivity contribution in [2.75, 3.05) is 0 Å². The largest absolute Gasteiger partial charge is 0.288 e. The van der Waals surface area contributed by atoms with Gasteiger partial charge in [-0.15, -0.1) is 10.2 Å². The van der Waals surface area contributed by atoms with Crippen LogP contribution >= 0.6 is 15.9 Å². The van der Waals surface area contributed by atoms with Crippen LogP contribution in [0, 0.1) is 0 Å². The summed E-state index contributed by atoms with van der Waals surface area (Å²) in [6, 6.07) is 0. The minimum absolute atomic E-state index is 0.926. The summed E-state index contributed by atoms with van der Waals surface area (Å²) in [7, 11) is 0. The molecular weight excluding hydrogens is 230 g/mol. The molecular formula is C9H10BrN3. The zero-order valence-corrected chi connectivity index (χ0v) is 8.90. The fourth-order valence-corrected chi connectivity index (χ4v) is 1.03. The van der Waals surface area contributed by atoms with Crippen molar-refractivity contribution in [3.63, 3.8) is 0 Å². The fraction of sp³-hybridized carbons (Fsp3) is 0.111. The quantitative estimate of drug-likeness (QED) is 0.760. The Balaban J connectivity index is 2.99. The second kappa shape index (κ2) is 4.77. The minimum atomic E-state index is 0.926. The van der Waals surface area contributed by atoms with Gasteiger partial charge in [0, 0.05) is 10.2 Å². The van der Waals surface area contributed by atoms with Gasteiger partial charge >= 0.3 is 0 Å². The Morgan fingerprint density at radius 3 is 2.54 bits per heavy atom. The zero-order chi connectivity index (χ0) is 9.68. The third-order valence-corrected chi connectivity index (χ3v) is 2.17. The highest BCUT2D eigenvalue weighted by atomic mass is 79.9. The van der Waals surface area contributed by atoms with Crippen molar-refractivity contribution in [3.05, 3.63) is 41.9 Å². The lowest BCUT2D eigenvalue weighted by atomic mass is 10.3. The van der Waals surface area contributed by atoms with Gasteiger partial charge in [-0.25, -0.2) is 0 Å². The summed E-state index contributed by atoms with van der Waals surface area (Å²) in [6.45, 7) is 5.66. The summed E-state index contributed by atoms with van der Waals surface area (Å²) in [6.07, 6.45) is 8.89. The molecule has 0 N–H and O–H groups in total. The van der Waals surface area contributed by atoms with Gasteiger partial charge in [-0.3, -0.25) is 4.57 Å². The molecule has 0 radical (unpaired) electrons. The zero-order valence-electron chi connectivity index (χ0n) is 7.31. The number of hydrogen-bond donors (Lipinski definition) is 0. The van der Waals surface area contributed by atoms with Crippen LogP contribution in [0.1, 0.15) is 6.92 Å². The predicted octanol–water partition coefficient (Wildman–Crippen LogP) is 2.60. The minimum Gasteiger partial charge on any atom is -0.288 e. The maximum absolute atomic E-state index is 3.71. The summed E-state index contributed by atoms with van der Waals surface area (Å²) < 4.78 is 2.79. The molecule has 0 spiro atoms. The van der Waals surface area contributed by atoms with Gasteiger partial charge in [0.05, 0.1) is 0 Å².